The third-order valence-electron chi connectivity index (χ3n) is 3.08. The van der Waals surface area contributed by atoms with Gasteiger partial charge in [0.2, 0.25) is 5.78 Å². The van der Waals surface area contributed by atoms with Gasteiger partial charge in [-0.25, -0.2) is 9.59 Å². The fourth-order valence-electron chi connectivity index (χ4n) is 1.72. The summed E-state index contributed by atoms with van der Waals surface area (Å²) in [5.41, 5.74) is 0.238. The zero-order valence-electron chi connectivity index (χ0n) is 17.3. The van der Waals surface area contributed by atoms with Gasteiger partial charge in [-0.2, -0.15) is 0 Å². The summed E-state index contributed by atoms with van der Waals surface area (Å²) in [6, 6.07) is 0. The lowest BCUT2D eigenvalue weighted by atomic mass is 10.3. The second kappa shape index (κ2) is 17.8. The van der Waals surface area contributed by atoms with Gasteiger partial charge in [0.1, 0.15) is 0 Å². The summed E-state index contributed by atoms with van der Waals surface area (Å²) in [7, 11) is 0. The predicted molar refractivity (Wildman–Crippen MR) is 113 cm³/mol. The Labute approximate surface area is 184 Å². The minimum absolute atomic E-state index is 0.00908. The predicted octanol–water partition coefficient (Wildman–Crippen LogP) is 1.57. The second-order valence-corrected chi connectivity index (χ2v) is 7.57. The van der Waals surface area contributed by atoms with Gasteiger partial charge in [-0.1, -0.05) is 6.58 Å². The third kappa shape index (κ3) is 14.9. The van der Waals surface area contributed by atoms with Crippen LogP contribution >= 0.6 is 23.5 Å². The molecule has 0 aliphatic carbocycles. The molecule has 0 aromatic heterocycles. The third-order valence-corrected chi connectivity index (χ3v) is 4.98. The first-order valence-corrected chi connectivity index (χ1v) is 11.6. The first kappa shape index (κ1) is 28.0. The fourth-order valence-corrected chi connectivity index (χ4v) is 3.10. The average Bonchev–Trinajstić information content (AvgIpc) is 2.70. The van der Waals surface area contributed by atoms with Crippen LogP contribution < -0.4 is 0 Å². The quantitative estimate of drug-likeness (QED) is 0.102. The molecule has 0 aromatic carbocycles. The summed E-state index contributed by atoms with van der Waals surface area (Å²) in [6.45, 7) is 7.70. The monoisotopic (exact) mass is 464 g/mol. The molecule has 0 fully saturated rings. The van der Waals surface area contributed by atoms with Crippen molar-refractivity contribution in [3.8, 4) is 0 Å². The molecule has 0 spiro atoms. The van der Waals surface area contributed by atoms with Crippen LogP contribution in [0.1, 0.15) is 26.7 Å². The molecule has 0 bridgehead atoms. The van der Waals surface area contributed by atoms with Gasteiger partial charge in [0, 0.05) is 11.3 Å². The van der Waals surface area contributed by atoms with Crippen molar-refractivity contribution in [2.24, 2.45) is 0 Å². The lowest BCUT2D eigenvalue weighted by Crippen LogP contribution is -2.21. The van der Waals surface area contributed by atoms with E-state index in [-0.39, 0.29) is 54.4 Å². The Hall–Kier alpha value is -2.01. The molecule has 0 unspecified atom stereocenters. The highest BCUT2D eigenvalue weighted by molar-refractivity contribution is 8.00. The van der Waals surface area contributed by atoms with E-state index in [2.05, 4.69) is 6.58 Å². The summed E-state index contributed by atoms with van der Waals surface area (Å²) < 4.78 is 19.4. The van der Waals surface area contributed by atoms with Crippen LogP contribution in [0.2, 0.25) is 0 Å². The van der Waals surface area contributed by atoms with Crippen molar-refractivity contribution in [2.45, 2.75) is 26.7 Å². The van der Waals surface area contributed by atoms with Crippen molar-refractivity contribution >= 4 is 53.2 Å². The Bertz CT molecular complexity index is 553. The number of esters is 4. The van der Waals surface area contributed by atoms with E-state index in [1.54, 1.807) is 13.8 Å². The SMILES string of the molecule is C=C(CSCC(=O)OCC)C(=O)OCCCCOC(=O)C(=O)CSCC(=O)OCC. The summed E-state index contributed by atoms with van der Waals surface area (Å²) >= 11 is 2.19. The van der Waals surface area contributed by atoms with Crippen LogP contribution in [0.15, 0.2) is 12.2 Å². The highest BCUT2D eigenvalue weighted by Crippen LogP contribution is 2.09. The van der Waals surface area contributed by atoms with Gasteiger partial charge in [-0.15, -0.1) is 23.5 Å². The highest BCUT2D eigenvalue weighted by atomic mass is 32.2. The van der Waals surface area contributed by atoms with Crippen molar-refractivity contribution < 1.29 is 42.9 Å². The molecule has 0 amide bonds. The number of rotatable bonds is 17. The first-order chi connectivity index (χ1) is 14.3. The Morgan fingerprint density at radius 3 is 1.63 bits per heavy atom. The molecule has 9 nitrogen and oxygen atoms in total. The maximum Gasteiger partial charge on any atom is 0.375 e. The van der Waals surface area contributed by atoms with E-state index >= 15 is 0 Å². The summed E-state index contributed by atoms with van der Waals surface area (Å²) in [6.07, 6.45) is 0.848. The molecular weight excluding hydrogens is 436 g/mol. The Morgan fingerprint density at radius 2 is 1.13 bits per heavy atom. The molecule has 0 rings (SSSR count). The summed E-state index contributed by atoms with van der Waals surface area (Å²) in [5, 5.41) is 0. The Kier molecular flexibility index (Phi) is 16.6. The van der Waals surface area contributed by atoms with Crippen molar-refractivity contribution in [1.29, 1.82) is 0 Å². The number of ketones is 1. The van der Waals surface area contributed by atoms with Crippen LogP contribution in [0, 0.1) is 0 Å². The largest absolute Gasteiger partial charge is 0.465 e. The Morgan fingerprint density at radius 1 is 0.667 bits per heavy atom. The molecule has 0 radical (unpaired) electrons. The zero-order chi connectivity index (χ0) is 22.8. The van der Waals surface area contributed by atoms with E-state index in [0.29, 0.717) is 19.4 Å². The molecule has 0 saturated heterocycles. The zero-order valence-corrected chi connectivity index (χ0v) is 18.9. The van der Waals surface area contributed by atoms with Crippen LogP contribution in [-0.2, 0) is 42.9 Å². The van der Waals surface area contributed by atoms with E-state index in [1.165, 1.54) is 11.8 Å². The topological polar surface area (TPSA) is 122 Å². The van der Waals surface area contributed by atoms with Crippen molar-refractivity contribution in [3.63, 3.8) is 0 Å². The number of hydrogen-bond donors (Lipinski definition) is 0. The minimum Gasteiger partial charge on any atom is -0.465 e. The van der Waals surface area contributed by atoms with E-state index in [4.69, 9.17) is 18.9 Å². The molecule has 30 heavy (non-hydrogen) atoms. The maximum atomic E-state index is 11.7. The number of unbranched alkanes of at least 4 members (excludes halogenated alkanes) is 1. The highest BCUT2D eigenvalue weighted by Gasteiger charge is 2.16. The van der Waals surface area contributed by atoms with Gasteiger partial charge in [-0.3, -0.25) is 14.4 Å². The summed E-state index contributed by atoms with van der Waals surface area (Å²) in [4.78, 5) is 57.2. The molecule has 0 heterocycles. The minimum atomic E-state index is -0.963. The van der Waals surface area contributed by atoms with Crippen LogP contribution in [-0.4, -0.2) is 79.1 Å². The van der Waals surface area contributed by atoms with E-state index < -0.39 is 23.7 Å². The van der Waals surface area contributed by atoms with E-state index in [1.807, 2.05) is 0 Å². The Balaban J connectivity index is 3.75. The van der Waals surface area contributed by atoms with Gasteiger partial charge in [0.05, 0.1) is 43.7 Å². The van der Waals surface area contributed by atoms with Gasteiger partial charge < -0.3 is 18.9 Å². The van der Waals surface area contributed by atoms with Crippen LogP contribution in [0.4, 0.5) is 0 Å². The molecule has 0 saturated carbocycles. The second-order valence-electron chi connectivity index (χ2n) is 5.60. The van der Waals surface area contributed by atoms with Crippen molar-refractivity contribution in [3.05, 3.63) is 12.2 Å². The van der Waals surface area contributed by atoms with E-state index in [9.17, 15) is 24.0 Å². The standard InChI is InChI=1S/C19H28O9S2/c1-4-25-16(21)12-29-10-14(3)18(23)27-8-6-7-9-28-19(24)15(20)11-30-13-17(22)26-5-2/h3-13H2,1-2H3. The number of carbonyl (C=O) groups is 5. The fraction of sp³-hybridized carbons (Fsp3) is 0.632. The molecular formula is C19H28O9S2. The molecule has 170 valence electrons. The van der Waals surface area contributed by atoms with Gasteiger partial charge in [0.15, 0.2) is 0 Å². The normalized spacial score (nSPS) is 10.1. The number of thioether (sulfide) groups is 2. The molecule has 11 heteroatoms. The van der Waals surface area contributed by atoms with Crippen LogP contribution in [0.25, 0.3) is 0 Å². The smallest absolute Gasteiger partial charge is 0.375 e. The van der Waals surface area contributed by atoms with Crippen LogP contribution in [0.5, 0.6) is 0 Å². The maximum absolute atomic E-state index is 11.7. The average molecular weight is 465 g/mol. The molecule has 0 aromatic rings. The number of ether oxygens (including phenoxy) is 4. The van der Waals surface area contributed by atoms with Crippen molar-refractivity contribution in [2.75, 3.05) is 49.4 Å². The van der Waals surface area contributed by atoms with Crippen LogP contribution in [0.3, 0.4) is 0 Å². The van der Waals surface area contributed by atoms with Gasteiger partial charge in [-0.05, 0) is 26.7 Å². The molecule has 0 atom stereocenters. The van der Waals surface area contributed by atoms with E-state index in [0.717, 1.165) is 11.8 Å². The number of carbonyl (C=O) groups excluding carboxylic acids is 5. The summed E-state index contributed by atoms with van der Waals surface area (Å²) in [5.74, 6) is -2.83. The number of hydrogen-bond acceptors (Lipinski definition) is 11. The molecule has 0 aliphatic heterocycles. The first-order valence-electron chi connectivity index (χ1n) is 9.33. The van der Waals surface area contributed by atoms with Gasteiger partial charge in [0.25, 0.3) is 0 Å². The number of Topliss-reactive ketones (excluding diaryl/α,β-unsaturated/α-hetero) is 1. The lowest BCUT2D eigenvalue weighted by Gasteiger charge is -2.07. The van der Waals surface area contributed by atoms with Crippen molar-refractivity contribution in [1.82, 2.24) is 0 Å². The molecule has 0 N–H and O–H groups in total. The molecule has 0 aliphatic rings. The lowest BCUT2D eigenvalue weighted by molar-refractivity contribution is -0.153. The van der Waals surface area contributed by atoms with Gasteiger partial charge >= 0.3 is 23.9 Å².